The smallest absolute Gasteiger partial charge is 0.336 e. The van der Waals surface area contributed by atoms with Gasteiger partial charge in [-0.2, -0.15) is 0 Å². The molecule has 0 fully saturated rings. The molecule has 182 valence electrons. The average molecular weight is 480 g/mol. The van der Waals surface area contributed by atoms with Crippen molar-refractivity contribution in [3.63, 3.8) is 0 Å². The fraction of sp³-hybridized carbons (Fsp3) is 0.167. The quantitative estimate of drug-likeness (QED) is 0.352. The highest BCUT2D eigenvalue weighted by molar-refractivity contribution is 5.91. The van der Waals surface area contributed by atoms with E-state index in [1.165, 1.54) is 0 Å². The maximum atomic E-state index is 12.5. The van der Waals surface area contributed by atoms with Crippen LogP contribution in [0.4, 0.5) is 17.1 Å². The van der Waals surface area contributed by atoms with Crippen molar-refractivity contribution in [2.45, 2.75) is 5.54 Å². The second-order valence-corrected chi connectivity index (χ2v) is 9.34. The number of para-hydroxylation sites is 1. The van der Waals surface area contributed by atoms with E-state index in [-0.39, 0.29) is 5.56 Å². The zero-order valence-corrected chi connectivity index (χ0v) is 20.8. The minimum absolute atomic E-state index is 0.230. The number of ether oxygens (including phenoxy) is 1. The van der Waals surface area contributed by atoms with Gasteiger partial charge in [-0.05, 0) is 30.3 Å². The standard InChI is InChI=1S/C30H29N3O3/c1-32(2)21-14-16-25-27(18-21)36-28-19-22(33(3)4)15-17-26(28)30(25,31-20-10-6-5-7-11-20)24-13-9-8-12-23(24)29(34)35/h5-19,31H,1-4H3,(H,34,35). The zero-order valence-electron chi connectivity index (χ0n) is 20.8. The third kappa shape index (κ3) is 3.81. The van der Waals surface area contributed by atoms with Gasteiger partial charge in [0, 0.05) is 74.1 Å². The number of rotatable bonds is 6. The van der Waals surface area contributed by atoms with Crippen LogP contribution < -0.4 is 19.9 Å². The molecule has 6 heteroatoms. The van der Waals surface area contributed by atoms with Crippen LogP contribution in [0.3, 0.4) is 0 Å². The Morgan fingerprint density at radius 2 is 1.25 bits per heavy atom. The first kappa shape index (κ1) is 23.3. The van der Waals surface area contributed by atoms with E-state index in [2.05, 4.69) is 5.32 Å². The first-order chi connectivity index (χ1) is 17.3. The van der Waals surface area contributed by atoms with Crippen LogP contribution in [-0.4, -0.2) is 39.3 Å². The molecule has 4 aromatic rings. The van der Waals surface area contributed by atoms with Gasteiger partial charge >= 0.3 is 5.97 Å². The third-order valence-electron chi connectivity index (χ3n) is 6.66. The number of nitrogens with zero attached hydrogens (tertiary/aromatic N) is 2. The molecule has 1 aliphatic heterocycles. The Morgan fingerprint density at radius 1 is 0.722 bits per heavy atom. The van der Waals surface area contributed by atoms with E-state index in [1.807, 2.05) is 117 Å². The fourth-order valence-electron chi connectivity index (χ4n) is 4.86. The van der Waals surface area contributed by atoms with Crippen LogP contribution in [0, 0.1) is 0 Å². The van der Waals surface area contributed by atoms with Crippen LogP contribution >= 0.6 is 0 Å². The Kier molecular flexibility index (Phi) is 5.80. The van der Waals surface area contributed by atoms with Gasteiger partial charge < -0.3 is 25.0 Å². The number of carbonyl (C=O) groups is 1. The summed E-state index contributed by atoms with van der Waals surface area (Å²) in [6.45, 7) is 0. The van der Waals surface area contributed by atoms with Crippen molar-refractivity contribution < 1.29 is 14.6 Å². The molecule has 1 aliphatic rings. The Hall–Kier alpha value is -4.45. The Morgan fingerprint density at radius 3 is 1.78 bits per heavy atom. The van der Waals surface area contributed by atoms with Gasteiger partial charge in [0.05, 0.1) is 5.56 Å². The van der Waals surface area contributed by atoms with Gasteiger partial charge in [-0.15, -0.1) is 0 Å². The molecule has 0 saturated carbocycles. The molecule has 0 spiro atoms. The van der Waals surface area contributed by atoms with Crippen molar-refractivity contribution in [2.24, 2.45) is 0 Å². The first-order valence-electron chi connectivity index (χ1n) is 11.8. The Balaban J connectivity index is 1.90. The number of fused-ring (bicyclic) bond motifs is 2. The molecular formula is C30H29N3O3. The molecule has 0 bridgehead atoms. The van der Waals surface area contributed by atoms with Crippen molar-refractivity contribution in [3.8, 4) is 11.5 Å². The minimum Gasteiger partial charge on any atom is -0.478 e. The number of benzene rings is 4. The van der Waals surface area contributed by atoms with Gasteiger partial charge in [0.2, 0.25) is 0 Å². The van der Waals surface area contributed by atoms with E-state index in [9.17, 15) is 9.90 Å². The number of nitrogens with one attached hydrogen (secondary N) is 1. The van der Waals surface area contributed by atoms with Crippen LogP contribution in [0.25, 0.3) is 0 Å². The average Bonchev–Trinajstić information content (AvgIpc) is 2.88. The lowest BCUT2D eigenvalue weighted by Gasteiger charge is -2.43. The van der Waals surface area contributed by atoms with E-state index in [0.717, 1.165) is 28.2 Å². The first-order valence-corrected chi connectivity index (χ1v) is 11.8. The number of aromatic carboxylic acids is 1. The third-order valence-corrected chi connectivity index (χ3v) is 6.66. The van der Waals surface area contributed by atoms with E-state index in [0.29, 0.717) is 17.1 Å². The molecule has 6 nitrogen and oxygen atoms in total. The lowest BCUT2D eigenvalue weighted by atomic mass is 9.73. The monoisotopic (exact) mass is 479 g/mol. The maximum absolute atomic E-state index is 12.5. The van der Waals surface area contributed by atoms with E-state index >= 15 is 0 Å². The summed E-state index contributed by atoms with van der Waals surface area (Å²) < 4.78 is 6.53. The summed E-state index contributed by atoms with van der Waals surface area (Å²) in [7, 11) is 7.94. The van der Waals surface area contributed by atoms with Crippen LogP contribution in [0.5, 0.6) is 11.5 Å². The Bertz CT molecular complexity index is 1370. The van der Waals surface area contributed by atoms with Gasteiger partial charge in [0.15, 0.2) is 0 Å². The van der Waals surface area contributed by atoms with Crippen LogP contribution in [0.2, 0.25) is 0 Å². The number of carboxylic acid groups (broad SMARTS) is 1. The van der Waals surface area contributed by atoms with Crippen molar-refractivity contribution in [2.75, 3.05) is 43.3 Å². The normalized spacial score (nSPS) is 13.1. The molecule has 0 unspecified atom stereocenters. The topological polar surface area (TPSA) is 65.0 Å². The van der Waals surface area contributed by atoms with Crippen molar-refractivity contribution >= 4 is 23.0 Å². The van der Waals surface area contributed by atoms with Crippen molar-refractivity contribution in [1.82, 2.24) is 0 Å². The lowest BCUT2D eigenvalue weighted by molar-refractivity contribution is 0.0694. The fourth-order valence-corrected chi connectivity index (χ4v) is 4.86. The van der Waals surface area contributed by atoms with Crippen molar-refractivity contribution in [3.05, 3.63) is 113 Å². The molecule has 0 atom stereocenters. The largest absolute Gasteiger partial charge is 0.478 e. The predicted molar refractivity (Wildman–Crippen MR) is 145 cm³/mol. The zero-order chi connectivity index (χ0) is 25.4. The number of hydrogen-bond acceptors (Lipinski definition) is 5. The highest BCUT2D eigenvalue weighted by Gasteiger charge is 2.46. The second kappa shape index (κ2) is 8.96. The van der Waals surface area contributed by atoms with Gasteiger partial charge in [-0.3, -0.25) is 0 Å². The van der Waals surface area contributed by atoms with Crippen LogP contribution in [-0.2, 0) is 5.54 Å². The lowest BCUT2D eigenvalue weighted by Crippen LogP contribution is -2.42. The summed E-state index contributed by atoms with van der Waals surface area (Å²) >= 11 is 0. The van der Waals surface area contributed by atoms with Crippen LogP contribution in [0.15, 0.2) is 91.0 Å². The summed E-state index contributed by atoms with van der Waals surface area (Å²) in [5.41, 5.74) is 4.38. The number of hydrogen-bond donors (Lipinski definition) is 2. The molecule has 4 aromatic carbocycles. The van der Waals surface area contributed by atoms with Gasteiger partial charge in [0.25, 0.3) is 0 Å². The molecule has 36 heavy (non-hydrogen) atoms. The highest BCUT2D eigenvalue weighted by atomic mass is 16.5. The summed E-state index contributed by atoms with van der Waals surface area (Å²) in [5.74, 6) is 0.366. The van der Waals surface area contributed by atoms with Crippen LogP contribution in [0.1, 0.15) is 27.0 Å². The highest BCUT2D eigenvalue weighted by Crippen LogP contribution is 2.54. The van der Waals surface area contributed by atoms with Gasteiger partial charge in [-0.1, -0.05) is 48.5 Å². The molecule has 5 rings (SSSR count). The van der Waals surface area contributed by atoms with Crippen molar-refractivity contribution in [1.29, 1.82) is 0 Å². The molecule has 0 amide bonds. The van der Waals surface area contributed by atoms with Gasteiger partial charge in [-0.25, -0.2) is 4.79 Å². The second-order valence-electron chi connectivity index (χ2n) is 9.34. The van der Waals surface area contributed by atoms with E-state index < -0.39 is 11.5 Å². The van der Waals surface area contributed by atoms with E-state index in [1.54, 1.807) is 12.1 Å². The maximum Gasteiger partial charge on any atom is 0.336 e. The Labute approximate surface area is 211 Å². The molecule has 0 aliphatic carbocycles. The summed E-state index contributed by atoms with van der Waals surface area (Å²) in [5, 5.41) is 14.0. The molecule has 0 saturated heterocycles. The number of anilines is 3. The summed E-state index contributed by atoms with van der Waals surface area (Å²) in [6, 6.07) is 29.2. The molecule has 0 radical (unpaired) electrons. The molecule has 1 heterocycles. The van der Waals surface area contributed by atoms with Gasteiger partial charge in [0.1, 0.15) is 17.0 Å². The SMILES string of the molecule is CN(C)c1ccc2c(c1)Oc1cc(N(C)C)ccc1C2(Nc1ccccc1)c1ccccc1C(=O)O. The molecule has 0 aromatic heterocycles. The van der Waals surface area contributed by atoms with E-state index in [4.69, 9.17) is 4.74 Å². The number of carboxylic acids is 1. The predicted octanol–water partition coefficient (Wildman–Crippen LogP) is 6.03. The molecular weight excluding hydrogens is 450 g/mol. The summed E-state index contributed by atoms with van der Waals surface area (Å²) in [4.78, 5) is 16.5. The molecule has 2 N–H and O–H groups in total. The minimum atomic E-state index is -1.02. The summed E-state index contributed by atoms with van der Waals surface area (Å²) in [6.07, 6.45) is 0.